The number of hydrogen-bond donors (Lipinski definition) is 1. The summed E-state index contributed by atoms with van der Waals surface area (Å²) in [5, 5.41) is 7.44. The summed E-state index contributed by atoms with van der Waals surface area (Å²) in [6.45, 7) is 5.94. The van der Waals surface area contributed by atoms with E-state index in [1.165, 1.54) is 12.4 Å². The lowest BCUT2D eigenvalue weighted by molar-refractivity contribution is -0.138. The predicted molar refractivity (Wildman–Crippen MR) is 119 cm³/mol. The number of methoxy groups -OCH3 is 1. The maximum atomic E-state index is 12.9. The molecule has 3 aromatic rings. The number of benzene rings is 2. The topological polar surface area (TPSA) is 87.5 Å². The van der Waals surface area contributed by atoms with Crippen LogP contribution < -0.4 is 14.8 Å². The summed E-state index contributed by atoms with van der Waals surface area (Å²) in [6, 6.07) is 14.9. The highest BCUT2D eigenvalue weighted by Crippen LogP contribution is 2.39. The number of nitrogens with one attached hydrogen (secondary N) is 1. The van der Waals surface area contributed by atoms with Crippen molar-refractivity contribution >= 4 is 11.9 Å². The number of rotatable bonds is 8. The monoisotopic (exact) mass is 432 g/mol. The van der Waals surface area contributed by atoms with E-state index in [1.54, 1.807) is 11.8 Å². The van der Waals surface area contributed by atoms with Crippen molar-refractivity contribution in [3.8, 4) is 11.5 Å². The zero-order chi connectivity index (χ0) is 22.5. The fourth-order valence-corrected chi connectivity index (χ4v) is 3.58. The van der Waals surface area contributed by atoms with Gasteiger partial charge in [0.25, 0.3) is 0 Å². The van der Waals surface area contributed by atoms with Crippen molar-refractivity contribution in [3.63, 3.8) is 0 Å². The summed E-state index contributed by atoms with van der Waals surface area (Å²) < 4.78 is 18.6. The highest BCUT2D eigenvalue weighted by Gasteiger charge is 2.34. The lowest BCUT2D eigenvalue weighted by Gasteiger charge is -2.28. The Labute approximate surface area is 186 Å². The molecule has 32 heavy (non-hydrogen) atoms. The predicted octanol–water partition coefficient (Wildman–Crippen LogP) is 3.88. The molecule has 0 fully saturated rings. The average molecular weight is 432 g/mol. The second kappa shape index (κ2) is 9.38. The van der Waals surface area contributed by atoms with Gasteiger partial charge in [0, 0.05) is 5.70 Å². The number of carbonyl (C=O) groups excluding carboxylic acids is 1. The van der Waals surface area contributed by atoms with E-state index in [1.807, 2.05) is 55.5 Å². The molecule has 8 heteroatoms. The standard InChI is InChI=1S/C24H24N4O4/c1-4-12-31-23(29)21-16(2)27-24-25-15-26-28(24)22(21)18-10-11-19(20(13-18)30-3)32-14-17-8-6-5-7-9-17/h4-11,13,15,22H,1,12,14H2,2-3H3,(H,25,26,27)/t22-/m0/s1. The first-order valence-corrected chi connectivity index (χ1v) is 10.1. The van der Waals surface area contributed by atoms with Crippen molar-refractivity contribution in [1.82, 2.24) is 14.8 Å². The summed E-state index contributed by atoms with van der Waals surface area (Å²) >= 11 is 0. The number of fused-ring (bicyclic) bond motifs is 1. The van der Waals surface area contributed by atoms with Gasteiger partial charge in [0.1, 0.15) is 25.6 Å². The quantitative estimate of drug-likeness (QED) is 0.427. The maximum absolute atomic E-state index is 12.9. The highest BCUT2D eigenvalue weighted by atomic mass is 16.5. The Hall–Kier alpha value is -4.07. The molecular weight excluding hydrogens is 408 g/mol. The molecule has 2 aromatic carbocycles. The van der Waals surface area contributed by atoms with Crippen LogP contribution in [-0.4, -0.2) is 34.5 Å². The van der Waals surface area contributed by atoms with Crippen molar-refractivity contribution in [2.45, 2.75) is 19.6 Å². The first-order chi connectivity index (χ1) is 15.6. The van der Waals surface area contributed by atoms with Crippen LogP contribution in [0.4, 0.5) is 5.95 Å². The first-order valence-electron chi connectivity index (χ1n) is 10.1. The first kappa shape index (κ1) is 21.2. The number of esters is 1. The third kappa shape index (κ3) is 4.20. The van der Waals surface area contributed by atoms with Crippen LogP contribution >= 0.6 is 0 Å². The van der Waals surface area contributed by atoms with Crippen LogP contribution in [0.25, 0.3) is 0 Å². The Bertz CT molecular complexity index is 1150. The van der Waals surface area contributed by atoms with Crippen LogP contribution in [0.3, 0.4) is 0 Å². The summed E-state index contributed by atoms with van der Waals surface area (Å²) in [6.07, 6.45) is 2.97. The third-order valence-corrected chi connectivity index (χ3v) is 5.09. The largest absolute Gasteiger partial charge is 0.493 e. The molecule has 0 aliphatic carbocycles. The van der Waals surface area contributed by atoms with Crippen LogP contribution in [0, 0.1) is 0 Å². The van der Waals surface area contributed by atoms with E-state index in [4.69, 9.17) is 14.2 Å². The fourth-order valence-electron chi connectivity index (χ4n) is 3.58. The molecule has 0 unspecified atom stereocenters. The van der Waals surface area contributed by atoms with Crippen molar-refractivity contribution in [2.75, 3.05) is 19.0 Å². The Kier molecular flexibility index (Phi) is 6.21. The summed E-state index contributed by atoms with van der Waals surface area (Å²) in [5.74, 6) is 1.24. The van der Waals surface area contributed by atoms with Gasteiger partial charge in [-0.1, -0.05) is 49.1 Å². The molecule has 0 saturated carbocycles. The van der Waals surface area contributed by atoms with E-state index in [2.05, 4.69) is 22.0 Å². The molecule has 1 aromatic heterocycles. The molecule has 0 bridgehead atoms. The van der Waals surface area contributed by atoms with E-state index >= 15 is 0 Å². The maximum Gasteiger partial charge on any atom is 0.338 e. The van der Waals surface area contributed by atoms with Crippen LogP contribution in [0.1, 0.15) is 24.1 Å². The summed E-state index contributed by atoms with van der Waals surface area (Å²) in [4.78, 5) is 17.1. The van der Waals surface area contributed by atoms with Crippen LogP contribution in [0.2, 0.25) is 0 Å². The second-order valence-corrected chi connectivity index (χ2v) is 7.17. The van der Waals surface area contributed by atoms with Gasteiger partial charge in [0.15, 0.2) is 11.5 Å². The number of hydrogen-bond acceptors (Lipinski definition) is 7. The van der Waals surface area contributed by atoms with E-state index < -0.39 is 12.0 Å². The van der Waals surface area contributed by atoms with Gasteiger partial charge in [0.05, 0.1) is 12.7 Å². The Morgan fingerprint density at radius 3 is 2.78 bits per heavy atom. The fraction of sp³-hybridized carbons (Fsp3) is 0.208. The molecule has 0 radical (unpaired) electrons. The summed E-state index contributed by atoms with van der Waals surface area (Å²) in [5.41, 5.74) is 2.92. The number of allylic oxidation sites excluding steroid dienone is 1. The number of carbonyl (C=O) groups is 1. The van der Waals surface area contributed by atoms with E-state index in [0.29, 0.717) is 35.3 Å². The third-order valence-electron chi connectivity index (χ3n) is 5.09. The number of nitrogens with zero attached hydrogens (tertiary/aromatic N) is 3. The molecule has 2 heterocycles. The smallest absolute Gasteiger partial charge is 0.338 e. The minimum atomic E-state index is -0.539. The lowest BCUT2D eigenvalue weighted by atomic mass is 9.95. The van der Waals surface area contributed by atoms with E-state index in [9.17, 15) is 4.79 Å². The van der Waals surface area contributed by atoms with Crippen molar-refractivity contribution < 1.29 is 19.0 Å². The van der Waals surface area contributed by atoms with Gasteiger partial charge in [0.2, 0.25) is 5.95 Å². The molecule has 0 amide bonds. The van der Waals surface area contributed by atoms with Crippen molar-refractivity contribution in [3.05, 3.63) is 89.9 Å². The molecule has 1 aliphatic rings. The molecule has 4 rings (SSSR count). The molecule has 1 aliphatic heterocycles. The molecule has 0 spiro atoms. The molecule has 8 nitrogen and oxygen atoms in total. The molecule has 1 atom stereocenters. The van der Waals surface area contributed by atoms with E-state index in [-0.39, 0.29) is 6.61 Å². The van der Waals surface area contributed by atoms with Crippen molar-refractivity contribution in [1.29, 1.82) is 0 Å². The van der Waals surface area contributed by atoms with Gasteiger partial charge in [-0.3, -0.25) is 0 Å². The zero-order valence-corrected chi connectivity index (χ0v) is 17.9. The summed E-state index contributed by atoms with van der Waals surface area (Å²) in [7, 11) is 1.58. The highest BCUT2D eigenvalue weighted by molar-refractivity contribution is 5.92. The SMILES string of the molecule is C=CCOC(=O)C1=C(C)Nc2ncnn2[C@H]1c1ccc(OCc2ccccc2)c(OC)c1. The van der Waals surface area contributed by atoms with Crippen LogP contribution in [0.15, 0.2) is 78.8 Å². The van der Waals surface area contributed by atoms with Crippen LogP contribution in [-0.2, 0) is 16.1 Å². The molecule has 1 N–H and O–H groups in total. The Balaban J connectivity index is 1.68. The second-order valence-electron chi connectivity index (χ2n) is 7.17. The Morgan fingerprint density at radius 1 is 1.22 bits per heavy atom. The van der Waals surface area contributed by atoms with E-state index in [0.717, 1.165) is 11.1 Å². The molecule has 164 valence electrons. The minimum Gasteiger partial charge on any atom is -0.493 e. The normalized spacial score (nSPS) is 14.9. The van der Waals surface area contributed by atoms with Gasteiger partial charge in [-0.15, -0.1) is 0 Å². The number of ether oxygens (including phenoxy) is 3. The zero-order valence-electron chi connectivity index (χ0n) is 17.9. The average Bonchev–Trinajstić information content (AvgIpc) is 3.29. The number of anilines is 1. The van der Waals surface area contributed by atoms with Crippen LogP contribution in [0.5, 0.6) is 11.5 Å². The lowest BCUT2D eigenvalue weighted by Crippen LogP contribution is -2.29. The molecule has 0 saturated heterocycles. The molecular formula is C24H24N4O4. The van der Waals surface area contributed by atoms with Gasteiger partial charge >= 0.3 is 5.97 Å². The van der Waals surface area contributed by atoms with Gasteiger partial charge < -0.3 is 19.5 Å². The Morgan fingerprint density at radius 2 is 2.03 bits per heavy atom. The van der Waals surface area contributed by atoms with Gasteiger partial charge in [-0.05, 0) is 30.2 Å². The van der Waals surface area contributed by atoms with Gasteiger partial charge in [-0.2, -0.15) is 10.1 Å². The van der Waals surface area contributed by atoms with Gasteiger partial charge in [-0.25, -0.2) is 9.48 Å². The number of aromatic nitrogens is 3. The van der Waals surface area contributed by atoms with Crippen molar-refractivity contribution in [2.24, 2.45) is 0 Å². The minimum absolute atomic E-state index is 0.113.